The highest BCUT2D eigenvalue weighted by Gasteiger charge is 2.56. The van der Waals surface area contributed by atoms with Gasteiger partial charge in [0.25, 0.3) is 5.60 Å². The molecule has 230 valence electrons. The molecule has 0 bridgehead atoms. The van der Waals surface area contributed by atoms with E-state index in [9.17, 15) is 44.1 Å². The lowest BCUT2D eigenvalue weighted by atomic mass is 10.1. The van der Waals surface area contributed by atoms with Crippen LogP contribution in [-0.4, -0.2) is 109 Å². The molecule has 42 heavy (non-hydrogen) atoms. The Morgan fingerprint density at radius 1 is 1.10 bits per heavy atom. The molecule has 0 saturated carbocycles. The predicted octanol–water partition coefficient (Wildman–Crippen LogP) is 1.79. The first-order valence-corrected chi connectivity index (χ1v) is 15.5. The molecule has 0 radical (unpaired) electrons. The van der Waals surface area contributed by atoms with Crippen molar-refractivity contribution in [2.24, 2.45) is 11.8 Å². The zero-order valence-electron chi connectivity index (χ0n) is 23.4. The quantitative estimate of drug-likeness (QED) is 0.251. The summed E-state index contributed by atoms with van der Waals surface area (Å²) in [5, 5.41) is 29.5. The number of ether oxygens (including phenoxy) is 2. The van der Waals surface area contributed by atoms with Crippen molar-refractivity contribution in [2.45, 2.75) is 51.3 Å². The summed E-state index contributed by atoms with van der Waals surface area (Å²) < 4.78 is 10.6. The van der Waals surface area contributed by atoms with Gasteiger partial charge in [-0.25, -0.2) is 19.2 Å². The summed E-state index contributed by atoms with van der Waals surface area (Å²) in [6.45, 7) is 4.99. The summed E-state index contributed by atoms with van der Waals surface area (Å²) in [5.41, 5.74) is -2.04. The fourth-order valence-electron chi connectivity index (χ4n) is 4.72. The standard InChI is InChI=1S/C27H34N2O11S2/c1-4-39-26(38)27(14-41-12-15(2)21(31)28-10-6-5-8-17(28)23(33)34)20(19(30)25(37)40-27)42-13-16(3)22(32)29-11-7-9-18(29)24(35)36/h5-6,8,10,15-18,30H,4,7,9,11-14H2,1-3H3,(H,33,34)(H,35,36). The van der Waals surface area contributed by atoms with Crippen LogP contribution in [0.3, 0.4) is 0 Å². The van der Waals surface area contributed by atoms with E-state index >= 15 is 0 Å². The molecule has 15 heteroatoms. The van der Waals surface area contributed by atoms with Gasteiger partial charge in [-0.1, -0.05) is 26.0 Å². The smallest absolute Gasteiger partial charge is 0.375 e. The van der Waals surface area contributed by atoms with Crippen LogP contribution in [0.2, 0.25) is 0 Å². The van der Waals surface area contributed by atoms with Crippen LogP contribution < -0.4 is 0 Å². The number of carbonyl (C=O) groups excluding carboxylic acids is 4. The monoisotopic (exact) mass is 626 g/mol. The molecule has 5 unspecified atom stereocenters. The Balaban J connectivity index is 1.73. The molecule has 3 rings (SSSR count). The summed E-state index contributed by atoms with van der Waals surface area (Å²) in [7, 11) is 0. The molecular weight excluding hydrogens is 592 g/mol. The number of allylic oxidation sites excluding steroid dienone is 2. The molecule has 0 aliphatic carbocycles. The van der Waals surface area contributed by atoms with Crippen molar-refractivity contribution in [1.82, 2.24) is 9.80 Å². The highest BCUT2D eigenvalue weighted by molar-refractivity contribution is 8.03. The Hall–Kier alpha value is -3.46. The number of esters is 2. The molecular formula is C27H34N2O11S2. The highest BCUT2D eigenvalue weighted by atomic mass is 32.2. The summed E-state index contributed by atoms with van der Waals surface area (Å²) in [6.07, 6.45) is 6.73. The summed E-state index contributed by atoms with van der Waals surface area (Å²) in [4.78, 5) is 77.0. The molecule has 2 amide bonds. The Morgan fingerprint density at radius 3 is 2.43 bits per heavy atom. The molecule has 3 aliphatic heterocycles. The largest absolute Gasteiger partial charge is 0.501 e. The summed E-state index contributed by atoms with van der Waals surface area (Å²) in [6, 6.07) is -2.08. The van der Waals surface area contributed by atoms with Gasteiger partial charge in [-0.3, -0.25) is 9.59 Å². The van der Waals surface area contributed by atoms with E-state index in [1.165, 1.54) is 23.3 Å². The van der Waals surface area contributed by atoms with Crippen LogP contribution in [0.4, 0.5) is 0 Å². The van der Waals surface area contributed by atoms with E-state index in [1.807, 2.05) is 0 Å². The van der Waals surface area contributed by atoms with Gasteiger partial charge < -0.3 is 34.6 Å². The second-order valence-electron chi connectivity index (χ2n) is 10.0. The van der Waals surface area contributed by atoms with Crippen LogP contribution in [0, 0.1) is 11.8 Å². The van der Waals surface area contributed by atoms with Gasteiger partial charge in [0.15, 0.2) is 6.04 Å². The first kappa shape index (κ1) is 33.0. The number of hydrogen-bond donors (Lipinski definition) is 3. The minimum Gasteiger partial charge on any atom is -0.501 e. The maximum atomic E-state index is 13.2. The maximum Gasteiger partial charge on any atom is 0.375 e. The second-order valence-corrected chi connectivity index (χ2v) is 12.1. The number of carbonyl (C=O) groups is 6. The number of aliphatic carboxylic acids is 2. The fourth-order valence-corrected chi connectivity index (χ4v) is 7.25. The molecule has 3 N–H and O–H groups in total. The highest BCUT2D eigenvalue weighted by Crippen LogP contribution is 2.43. The molecule has 0 aromatic rings. The molecule has 0 aromatic heterocycles. The van der Waals surface area contributed by atoms with Crippen molar-refractivity contribution in [3.05, 3.63) is 35.1 Å². The van der Waals surface area contributed by atoms with Gasteiger partial charge in [0.2, 0.25) is 17.6 Å². The number of thioether (sulfide) groups is 2. The number of amides is 2. The van der Waals surface area contributed by atoms with E-state index in [1.54, 1.807) is 26.8 Å². The van der Waals surface area contributed by atoms with E-state index in [4.69, 9.17) is 9.47 Å². The average molecular weight is 627 g/mol. The van der Waals surface area contributed by atoms with Crippen molar-refractivity contribution < 1.29 is 53.6 Å². The second kappa shape index (κ2) is 14.1. The number of cyclic esters (lactones) is 1. The third kappa shape index (κ3) is 6.94. The molecule has 1 saturated heterocycles. The van der Waals surface area contributed by atoms with Gasteiger partial charge in [-0.2, -0.15) is 11.8 Å². The molecule has 13 nitrogen and oxygen atoms in total. The zero-order valence-corrected chi connectivity index (χ0v) is 25.0. The first-order valence-electron chi connectivity index (χ1n) is 13.3. The number of carboxylic acid groups (broad SMARTS) is 2. The number of likely N-dealkylation sites (tertiary alicyclic amines) is 1. The van der Waals surface area contributed by atoms with Crippen LogP contribution in [0.5, 0.6) is 0 Å². The van der Waals surface area contributed by atoms with Gasteiger partial charge in [0.1, 0.15) is 6.04 Å². The van der Waals surface area contributed by atoms with Crippen LogP contribution in [-0.2, 0) is 38.2 Å². The lowest BCUT2D eigenvalue weighted by Gasteiger charge is -2.30. The normalized spacial score (nSPS) is 24.9. The third-order valence-electron chi connectivity index (χ3n) is 6.92. The van der Waals surface area contributed by atoms with E-state index in [0.717, 1.165) is 28.4 Å². The minimum atomic E-state index is -2.04. The van der Waals surface area contributed by atoms with Gasteiger partial charge >= 0.3 is 23.9 Å². The topological polar surface area (TPSA) is 188 Å². The van der Waals surface area contributed by atoms with Gasteiger partial charge in [-0.05, 0) is 25.8 Å². The molecule has 3 aliphatic rings. The zero-order chi connectivity index (χ0) is 31.2. The van der Waals surface area contributed by atoms with E-state index < -0.39 is 71.0 Å². The van der Waals surface area contributed by atoms with Crippen LogP contribution in [0.1, 0.15) is 33.6 Å². The van der Waals surface area contributed by atoms with E-state index in [2.05, 4.69) is 0 Å². The number of aliphatic hydroxyl groups is 1. The van der Waals surface area contributed by atoms with Crippen molar-refractivity contribution in [3.8, 4) is 0 Å². The van der Waals surface area contributed by atoms with Crippen LogP contribution in [0.25, 0.3) is 0 Å². The summed E-state index contributed by atoms with van der Waals surface area (Å²) >= 11 is 1.94. The Bertz CT molecular complexity index is 1220. The summed E-state index contributed by atoms with van der Waals surface area (Å²) in [5.74, 6) is -7.55. The molecule has 0 spiro atoms. The van der Waals surface area contributed by atoms with Crippen molar-refractivity contribution in [1.29, 1.82) is 0 Å². The molecule has 3 heterocycles. The van der Waals surface area contributed by atoms with Crippen molar-refractivity contribution in [3.63, 3.8) is 0 Å². The lowest BCUT2D eigenvalue weighted by Crippen LogP contribution is -2.46. The maximum absolute atomic E-state index is 13.2. The molecule has 5 atom stereocenters. The van der Waals surface area contributed by atoms with Crippen LogP contribution >= 0.6 is 23.5 Å². The number of hydrogen-bond acceptors (Lipinski definition) is 11. The SMILES string of the molecule is CCOC(=O)C1(CSCC(C)C(=O)N2C=CC=CC2C(=O)O)OC(=O)C(O)=C1SCC(C)C(=O)N1CCCC1C(=O)O. The Kier molecular flexibility index (Phi) is 11.1. The van der Waals surface area contributed by atoms with Gasteiger partial charge in [-0.15, -0.1) is 11.8 Å². The number of rotatable bonds is 13. The van der Waals surface area contributed by atoms with E-state index in [-0.39, 0.29) is 28.8 Å². The molecule has 1 fully saturated rings. The Labute approximate surface area is 250 Å². The lowest BCUT2D eigenvalue weighted by molar-refractivity contribution is -0.169. The van der Waals surface area contributed by atoms with Gasteiger partial charge in [0.05, 0.1) is 11.5 Å². The number of carboxylic acids is 2. The van der Waals surface area contributed by atoms with E-state index in [0.29, 0.717) is 19.4 Å². The fraction of sp³-hybridized carbons (Fsp3) is 0.556. The minimum absolute atomic E-state index is 0.00378. The number of aliphatic hydroxyl groups excluding tert-OH is 1. The molecule has 0 aromatic carbocycles. The van der Waals surface area contributed by atoms with Gasteiger partial charge in [0, 0.05) is 41.8 Å². The van der Waals surface area contributed by atoms with Crippen LogP contribution in [0.15, 0.2) is 35.1 Å². The average Bonchev–Trinajstić information content (AvgIpc) is 3.54. The van der Waals surface area contributed by atoms with Crippen molar-refractivity contribution >= 4 is 59.2 Å². The predicted molar refractivity (Wildman–Crippen MR) is 152 cm³/mol. The third-order valence-corrected chi connectivity index (χ3v) is 9.75. The Morgan fingerprint density at radius 2 is 1.79 bits per heavy atom. The van der Waals surface area contributed by atoms with Crippen molar-refractivity contribution in [2.75, 3.05) is 30.4 Å². The first-order chi connectivity index (χ1) is 19.8. The number of nitrogens with zero attached hydrogens (tertiary/aromatic N) is 2.